The molecule has 1 aliphatic carbocycles. The third-order valence-corrected chi connectivity index (χ3v) is 4.29. The van der Waals surface area contributed by atoms with Crippen LogP contribution in [0.15, 0.2) is 24.3 Å². The van der Waals surface area contributed by atoms with Crippen molar-refractivity contribution in [2.45, 2.75) is 30.9 Å². The van der Waals surface area contributed by atoms with Crippen LogP contribution in [-0.2, 0) is 0 Å². The molecule has 0 atom stereocenters. The van der Waals surface area contributed by atoms with Gasteiger partial charge in [0, 0.05) is 23.2 Å². The lowest BCUT2D eigenvalue weighted by molar-refractivity contribution is 0.628. The number of halogens is 1. The van der Waals surface area contributed by atoms with E-state index in [1.807, 2.05) is 6.07 Å². The molecule has 0 bridgehead atoms. The maximum absolute atomic E-state index is 12.9. The largest absolute Gasteiger partial charge is 0.384 e. The number of hydrogen-bond donors (Lipinski definition) is 1. The van der Waals surface area contributed by atoms with Crippen LogP contribution in [0.2, 0.25) is 0 Å². The molecule has 1 aromatic rings. The Morgan fingerprint density at radius 2 is 2.12 bits per heavy atom. The summed E-state index contributed by atoms with van der Waals surface area (Å²) in [6.45, 7) is 0.921. The molecule has 0 radical (unpaired) electrons. The van der Waals surface area contributed by atoms with E-state index in [0.29, 0.717) is 0 Å². The average Bonchev–Trinajstić information content (AvgIpc) is 2.77. The minimum Gasteiger partial charge on any atom is -0.384 e. The Balaban J connectivity index is 1.64. The summed E-state index contributed by atoms with van der Waals surface area (Å²) in [6.07, 6.45) is 5.55. The molecule has 16 heavy (non-hydrogen) atoms. The SMILES string of the molecule is Fc1cccc(NCCSC2CCCC2)c1. The second-order valence-electron chi connectivity index (χ2n) is 4.21. The van der Waals surface area contributed by atoms with Gasteiger partial charge in [0.1, 0.15) is 5.82 Å². The van der Waals surface area contributed by atoms with E-state index < -0.39 is 0 Å². The molecule has 0 saturated heterocycles. The number of thioether (sulfide) groups is 1. The summed E-state index contributed by atoms with van der Waals surface area (Å²) in [6, 6.07) is 6.66. The zero-order valence-corrected chi connectivity index (χ0v) is 10.2. The maximum atomic E-state index is 12.9. The molecule has 0 amide bonds. The predicted molar refractivity (Wildman–Crippen MR) is 69.6 cm³/mol. The van der Waals surface area contributed by atoms with Crippen LogP contribution in [0.3, 0.4) is 0 Å². The lowest BCUT2D eigenvalue weighted by Gasteiger charge is -2.10. The maximum Gasteiger partial charge on any atom is 0.125 e. The quantitative estimate of drug-likeness (QED) is 0.782. The highest BCUT2D eigenvalue weighted by molar-refractivity contribution is 7.99. The molecule has 88 valence electrons. The zero-order valence-electron chi connectivity index (χ0n) is 9.42. The molecule has 0 spiro atoms. The highest BCUT2D eigenvalue weighted by Gasteiger charge is 2.14. The first-order valence-electron chi connectivity index (χ1n) is 5.95. The Labute approximate surface area is 101 Å². The molecule has 1 N–H and O–H groups in total. The number of rotatable bonds is 5. The second-order valence-corrected chi connectivity index (χ2v) is 5.62. The van der Waals surface area contributed by atoms with Crippen molar-refractivity contribution in [1.82, 2.24) is 0 Å². The van der Waals surface area contributed by atoms with Crippen LogP contribution < -0.4 is 5.32 Å². The van der Waals surface area contributed by atoms with Gasteiger partial charge >= 0.3 is 0 Å². The fourth-order valence-electron chi connectivity index (χ4n) is 2.07. The second kappa shape index (κ2) is 6.14. The molecule has 1 aromatic carbocycles. The lowest BCUT2D eigenvalue weighted by Crippen LogP contribution is -2.07. The summed E-state index contributed by atoms with van der Waals surface area (Å²) >= 11 is 2.05. The number of anilines is 1. The van der Waals surface area contributed by atoms with Gasteiger partial charge in [-0.05, 0) is 31.0 Å². The lowest BCUT2D eigenvalue weighted by atomic mass is 10.3. The number of hydrogen-bond acceptors (Lipinski definition) is 2. The minimum atomic E-state index is -0.173. The molecule has 1 saturated carbocycles. The van der Waals surface area contributed by atoms with Crippen molar-refractivity contribution in [1.29, 1.82) is 0 Å². The van der Waals surface area contributed by atoms with E-state index in [1.54, 1.807) is 12.1 Å². The summed E-state index contributed by atoms with van der Waals surface area (Å²) in [5.74, 6) is 0.940. The first-order chi connectivity index (χ1) is 7.84. The van der Waals surface area contributed by atoms with Crippen LogP contribution in [0.5, 0.6) is 0 Å². The van der Waals surface area contributed by atoms with Crippen molar-refractivity contribution in [2.24, 2.45) is 0 Å². The molecule has 1 aliphatic rings. The Hall–Kier alpha value is -0.700. The van der Waals surface area contributed by atoms with E-state index >= 15 is 0 Å². The third kappa shape index (κ3) is 3.71. The van der Waals surface area contributed by atoms with Crippen LogP contribution in [0, 0.1) is 5.82 Å². The van der Waals surface area contributed by atoms with Gasteiger partial charge in [-0.1, -0.05) is 18.9 Å². The van der Waals surface area contributed by atoms with Crippen LogP contribution in [0.25, 0.3) is 0 Å². The fourth-order valence-corrected chi connectivity index (χ4v) is 3.29. The Bertz CT molecular complexity index is 323. The molecule has 1 fully saturated rings. The molecule has 1 nitrogen and oxygen atoms in total. The summed E-state index contributed by atoms with van der Waals surface area (Å²) in [4.78, 5) is 0. The first-order valence-corrected chi connectivity index (χ1v) is 7.00. The van der Waals surface area contributed by atoms with Gasteiger partial charge in [-0.15, -0.1) is 0 Å². The first kappa shape index (κ1) is 11.8. The molecule has 0 unspecified atom stereocenters. The van der Waals surface area contributed by atoms with E-state index in [4.69, 9.17) is 0 Å². The van der Waals surface area contributed by atoms with E-state index in [2.05, 4.69) is 17.1 Å². The Morgan fingerprint density at radius 1 is 1.31 bits per heavy atom. The monoisotopic (exact) mass is 239 g/mol. The van der Waals surface area contributed by atoms with Gasteiger partial charge in [0.2, 0.25) is 0 Å². The Kier molecular flexibility index (Phi) is 4.52. The normalized spacial score (nSPS) is 16.6. The van der Waals surface area contributed by atoms with Crippen LogP contribution in [0.1, 0.15) is 25.7 Å². The van der Waals surface area contributed by atoms with Crippen LogP contribution >= 0.6 is 11.8 Å². The number of benzene rings is 1. The molecule has 0 heterocycles. The summed E-state index contributed by atoms with van der Waals surface area (Å²) in [5, 5.41) is 4.12. The van der Waals surface area contributed by atoms with Crippen molar-refractivity contribution in [3.63, 3.8) is 0 Å². The van der Waals surface area contributed by atoms with Crippen molar-refractivity contribution < 1.29 is 4.39 Å². The smallest absolute Gasteiger partial charge is 0.125 e. The van der Waals surface area contributed by atoms with Gasteiger partial charge in [0.05, 0.1) is 0 Å². The van der Waals surface area contributed by atoms with E-state index in [-0.39, 0.29) is 5.82 Å². The van der Waals surface area contributed by atoms with Gasteiger partial charge in [-0.3, -0.25) is 0 Å². The van der Waals surface area contributed by atoms with Crippen molar-refractivity contribution in [3.05, 3.63) is 30.1 Å². The fraction of sp³-hybridized carbons (Fsp3) is 0.538. The van der Waals surface area contributed by atoms with Crippen molar-refractivity contribution >= 4 is 17.4 Å². The van der Waals surface area contributed by atoms with Crippen LogP contribution in [0.4, 0.5) is 10.1 Å². The zero-order chi connectivity index (χ0) is 11.2. The summed E-state index contributed by atoms with van der Waals surface area (Å²) in [5.41, 5.74) is 0.882. The van der Waals surface area contributed by atoms with E-state index in [1.165, 1.54) is 31.7 Å². The highest BCUT2D eigenvalue weighted by Crippen LogP contribution is 2.29. The topological polar surface area (TPSA) is 12.0 Å². The van der Waals surface area contributed by atoms with Gasteiger partial charge in [0.15, 0.2) is 0 Å². The van der Waals surface area contributed by atoms with Gasteiger partial charge < -0.3 is 5.32 Å². The highest BCUT2D eigenvalue weighted by atomic mass is 32.2. The number of nitrogens with one attached hydrogen (secondary N) is 1. The molecular weight excluding hydrogens is 221 g/mol. The molecular formula is C13H18FNS. The summed E-state index contributed by atoms with van der Waals surface area (Å²) < 4.78 is 12.9. The van der Waals surface area contributed by atoms with E-state index in [0.717, 1.165) is 23.2 Å². The van der Waals surface area contributed by atoms with Crippen molar-refractivity contribution in [2.75, 3.05) is 17.6 Å². The summed E-state index contributed by atoms with van der Waals surface area (Å²) in [7, 11) is 0. The predicted octanol–water partition coefficient (Wildman–Crippen LogP) is 3.91. The van der Waals surface area contributed by atoms with Gasteiger partial charge in [0.25, 0.3) is 0 Å². The van der Waals surface area contributed by atoms with Gasteiger partial charge in [-0.25, -0.2) is 4.39 Å². The molecule has 0 aliphatic heterocycles. The third-order valence-electron chi connectivity index (χ3n) is 2.91. The van der Waals surface area contributed by atoms with Gasteiger partial charge in [-0.2, -0.15) is 11.8 Å². The standard InChI is InChI=1S/C13H18FNS/c14-11-4-3-5-12(10-11)15-8-9-16-13-6-1-2-7-13/h3-5,10,13,15H,1-2,6-9H2. The van der Waals surface area contributed by atoms with Crippen LogP contribution in [-0.4, -0.2) is 17.5 Å². The average molecular weight is 239 g/mol. The Morgan fingerprint density at radius 3 is 2.88 bits per heavy atom. The van der Waals surface area contributed by atoms with E-state index in [9.17, 15) is 4.39 Å². The molecule has 0 aromatic heterocycles. The minimum absolute atomic E-state index is 0.173. The van der Waals surface area contributed by atoms with Crippen molar-refractivity contribution in [3.8, 4) is 0 Å². The molecule has 2 rings (SSSR count). The molecule has 3 heteroatoms.